The Kier molecular flexibility index (Phi) is 6.45. The Balaban J connectivity index is 2.23. The molecule has 33 heavy (non-hydrogen) atoms. The zero-order chi connectivity index (χ0) is 24.3. The summed E-state index contributed by atoms with van der Waals surface area (Å²) in [6.45, 7) is 0. The van der Waals surface area contributed by atoms with E-state index < -0.39 is 50.1 Å². The molecule has 0 aliphatic carbocycles. The van der Waals surface area contributed by atoms with Crippen molar-refractivity contribution in [2.45, 2.75) is 0 Å². The van der Waals surface area contributed by atoms with Gasteiger partial charge in [0.2, 0.25) is 0 Å². The second kappa shape index (κ2) is 9.24. The molecule has 0 saturated carbocycles. The zero-order valence-corrected chi connectivity index (χ0v) is 17.1. The van der Waals surface area contributed by atoms with Crippen LogP contribution in [-0.4, -0.2) is 32.7 Å². The Hall–Kier alpha value is -4.64. The van der Waals surface area contributed by atoms with E-state index in [1.54, 1.807) is 0 Å². The van der Waals surface area contributed by atoms with E-state index in [1.165, 1.54) is 42.5 Å². The van der Waals surface area contributed by atoms with Gasteiger partial charge in [0.05, 0.1) is 32.7 Å². The van der Waals surface area contributed by atoms with Crippen molar-refractivity contribution in [3.63, 3.8) is 0 Å². The van der Waals surface area contributed by atoms with E-state index in [0.29, 0.717) is 11.0 Å². The molecule has 166 valence electrons. The van der Waals surface area contributed by atoms with Gasteiger partial charge in [0.1, 0.15) is 5.56 Å². The largest absolute Gasteiger partial charge is 0.478 e. The van der Waals surface area contributed by atoms with Gasteiger partial charge in [-0.25, -0.2) is 9.69 Å². The van der Waals surface area contributed by atoms with Crippen LogP contribution in [0.2, 0.25) is 5.02 Å². The van der Waals surface area contributed by atoms with Gasteiger partial charge in [-0.2, -0.15) is 0 Å². The number of hydrogen-bond acceptors (Lipinski definition) is 7. The predicted octanol–water partition coefficient (Wildman–Crippen LogP) is 4.34. The number of carbonyl (C=O) groups excluding carboxylic acids is 2. The highest BCUT2D eigenvalue weighted by Gasteiger charge is 2.33. The van der Waals surface area contributed by atoms with Gasteiger partial charge in [-0.05, 0) is 36.4 Å². The minimum atomic E-state index is -1.43. The molecule has 0 heterocycles. The number of amides is 2. The normalized spacial score (nSPS) is 10.3. The summed E-state index contributed by atoms with van der Waals surface area (Å²) in [5, 5.41) is 32.1. The van der Waals surface area contributed by atoms with Crippen molar-refractivity contribution in [1.29, 1.82) is 0 Å². The van der Waals surface area contributed by atoms with Crippen LogP contribution in [0.25, 0.3) is 0 Å². The third kappa shape index (κ3) is 4.67. The van der Waals surface area contributed by atoms with E-state index in [0.717, 1.165) is 18.2 Å². The summed E-state index contributed by atoms with van der Waals surface area (Å²) in [6, 6.07) is 12.9. The lowest BCUT2D eigenvalue weighted by Gasteiger charge is -2.22. The van der Waals surface area contributed by atoms with Gasteiger partial charge in [0.25, 0.3) is 23.2 Å². The van der Waals surface area contributed by atoms with Crippen LogP contribution in [0.4, 0.5) is 17.1 Å². The lowest BCUT2D eigenvalue weighted by Crippen LogP contribution is -2.38. The second-order valence-electron chi connectivity index (χ2n) is 6.49. The van der Waals surface area contributed by atoms with Gasteiger partial charge in [-0.1, -0.05) is 29.8 Å². The van der Waals surface area contributed by atoms with Crippen LogP contribution < -0.4 is 4.90 Å². The number of carboxylic acid groups (broad SMARTS) is 1. The molecular formula is C21H12ClN3O8. The first-order chi connectivity index (χ1) is 15.6. The number of benzene rings is 3. The fourth-order valence-electron chi connectivity index (χ4n) is 3.00. The summed E-state index contributed by atoms with van der Waals surface area (Å²) in [7, 11) is 0. The first-order valence-corrected chi connectivity index (χ1v) is 9.39. The van der Waals surface area contributed by atoms with Crippen LogP contribution in [0.3, 0.4) is 0 Å². The maximum Gasteiger partial charge on any atom is 0.336 e. The molecule has 0 atom stereocenters. The lowest BCUT2D eigenvalue weighted by atomic mass is 10.0. The summed E-state index contributed by atoms with van der Waals surface area (Å²) in [5.41, 5.74) is -3.00. The summed E-state index contributed by atoms with van der Waals surface area (Å²) < 4.78 is 0. The van der Waals surface area contributed by atoms with E-state index in [4.69, 9.17) is 11.6 Å². The molecule has 3 rings (SSSR count). The molecule has 0 bridgehead atoms. The molecule has 1 N–H and O–H groups in total. The van der Waals surface area contributed by atoms with E-state index in [2.05, 4.69) is 0 Å². The minimum Gasteiger partial charge on any atom is -0.478 e. The van der Waals surface area contributed by atoms with Crippen LogP contribution in [-0.2, 0) is 0 Å². The minimum absolute atomic E-state index is 0.0923. The first kappa shape index (κ1) is 23.0. The standard InChI is InChI=1S/C21H12ClN3O8/c22-12-4-3-5-13(10-12)23(19(26)15-6-1-2-7-16(15)21(28)29)20(27)17-9-8-14(24(30)31)11-18(17)25(32)33/h1-11H,(H,28,29). The van der Waals surface area contributed by atoms with Gasteiger partial charge in [-0.15, -0.1) is 0 Å². The van der Waals surface area contributed by atoms with Crippen molar-refractivity contribution < 1.29 is 29.3 Å². The highest BCUT2D eigenvalue weighted by molar-refractivity contribution is 6.32. The van der Waals surface area contributed by atoms with Crippen molar-refractivity contribution >= 4 is 46.4 Å². The number of rotatable bonds is 6. The summed E-state index contributed by atoms with van der Waals surface area (Å²) in [4.78, 5) is 59.6. The van der Waals surface area contributed by atoms with Crippen LogP contribution in [0.1, 0.15) is 31.1 Å². The van der Waals surface area contributed by atoms with E-state index in [9.17, 15) is 39.7 Å². The van der Waals surface area contributed by atoms with E-state index in [1.807, 2.05) is 0 Å². The van der Waals surface area contributed by atoms with Gasteiger partial charge in [0.15, 0.2) is 0 Å². The van der Waals surface area contributed by atoms with Crippen LogP contribution in [0, 0.1) is 20.2 Å². The average molecular weight is 470 g/mol. The first-order valence-electron chi connectivity index (χ1n) is 9.01. The Bertz CT molecular complexity index is 1320. The highest BCUT2D eigenvalue weighted by Crippen LogP contribution is 2.30. The van der Waals surface area contributed by atoms with Gasteiger partial charge >= 0.3 is 5.97 Å². The average Bonchev–Trinajstić information content (AvgIpc) is 2.78. The molecule has 11 nitrogen and oxygen atoms in total. The SMILES string of the molecule is O=C(O)c1ccccc1C(=O)N(C(=O)c1ccc([N+](=O)[O-])cc1[N+](=O)[O-])c1cccc(Cl)c1. The Morgan fingerprint density at radius 3 is 2.00 bits per heavy atom. The Morgan fingerprint density at radius 1 is 0.788 bits per heavy atom. The van der Waals surface area contributed by atoms with E-state index >= 15 is 0 Å². The number of nitro benzene ring substituents is 2. The van der Waals surface area contributed by atoms with Gasteiger partial charge in [-0.3, -0.25) is 29.8 Å². The number of halogens is 1. The molecular weight excluding hydrogens is 458 g/mol. The summed E-state index contributed by atoms with van der Waals surface area (Å²) in [6.07, 6.45) is 0. The number of non-ortho nitro benzene ring substituents is 1. The monoisotopic (exact) mass is 469 g/mol. The molecule has 0 aromatic heterocycles. The third-order valence-electron chi connectivity index (χ3n) is 4.48. The maximum atomic E-state index is 13.4. The quantitative estimate of drug-likeness (QED) is 0.316. The van der Waals surface area contributed by atoms with Crippen molar-refractivity contribution in [2.24, 2.45) is 0 Å². The Labute approximate surface area is 189 Å². The highest BCUT2D eigenvalue weighted by atomic mass is 35.5. The smallest absolute Gasteiger partial charge is 0.336 e. The number of nitro groups is 2. The van der Waals surface area contributed by atoms with Crippen molar-refractivity contribution in [3.8, 4) is 0 Å². The number of nitrogens with zero attached hydrogens (tertiary/aromatic N) is 3. The maximum absolute atomic E-state index is 13.4. The molecule has 2 amide bonds. The molecule has 0 unspecified atom stereocenters. The summed E-state index contributed by atoms with van der Waals surface area (Å²) >= 11 is 5.98. The molecule has 0 aliphatic rings. The number of aromatic carboxylic acids is 1. The van der Waals surface area contributed by atoms with Gasteiger partial charge in [0, 0.05) is 11.1 Å². The topological polar surface area (TPSA) is 161 Å². The Morgan fingerprint density at radius 2 is 1.42 bits per heavy atom. The fraction of sp³-hybridized carbons (Fsp3) is 0. The third-order valence-corrected chi connectivity index (χ3v) is 4.71. The predicted molar refractivity (Wildman–Crippen MR) is 116 cm³/mol. The molecule has 3 aromatic carbocycles. The van der Waals surface area contributed by atoms with Crippen molar-refractivity contribution in [1.82, 2.24) is 0 Å². The lowest BCUT2D eigenvalue weighted by molar-refractivity contribution is -0.394. The number of imide groups is 1. The molecule has 0 saturated heterocycles. The van der Waals surface area contributed by atoms with Crippen LogP contribution >= 0.6 is 11.6 Å². The van der Waals surface area contributed by atoms with Crippen molar-refractivity contribution in [3.05, 3.63) is 109 Å². The molecule has 3 aromatic rings. The molecule has 0 aliphatic heterocycles. The number of carbonyl (C=O) groups is 3. The number of anilines is 1. The molecule has 12 heteroatoms. The molecule has 0 radical (unpaired) electrons. The summed E-state index contributed by atoms with van der Waals surface area (Å²) in [5.74, 6) is -3.73. The molecule has 0 fully saturated rings. The van der Waals surface area contributed by atoms with Crippen molar-refractivity contribution in [2.75, 3.05) is 4.90 Å². The number of carboxylic acids is 1. The molecule has 0 spiro atoms. The van der Waals surface area contributed by atoms with E-state index in [-0.39, 0.29) is 16.3 Å². The van der Waals surface area contributed by atoms with Crippen LogP contribution in [0.15, 0.2) is 66.7 Å². The fourth-order valence-corrected chi connectivity index (χ4v) is 3.19. The van der Waals surface area contributed by atoms with Gasteiger partial charge < -0.3 is 5.11 Å². The van der Waals surface area contributed by atoms with Crippen LogP contribution in [0.5, 0.6) is 0 Å². The second-order valence-corrected chi connectivity index (χ2v) is 6.93. The number of hydrogen-bond donors (Lipinski definition) is 1. The zero-order valence-electron chi connectivity index (χ0n) is 16.4.